The van der Waals surface area contributed by atoms with Gasteiger partial charge in [0, 0.05) is 31.3 Å². The maximum atomic E-state index is 12.6. The molecule has 0 aliphatic carbocycles. The molecule has 0 atom stereocenters. The summed E-state index contributed by atoms with van der Waals surface area (Å²) in [6.45, 7) is 4.60. The number of rotatable bonds is 2. The fourth-order valence-corrected chi connectivity index (χ4v) is 3.45. The number of aryl methyl sites for hydroxylation is 2. The molecule has 1 aliphatic heterocycles. The van der Waals surface area contributed by atoms with E-state index >= 15 is 0 Å². The molecule has 8 heteroatoms. The van der Waals surface area contributed by atoms with Gasteiger partial charge in [0.2, 0.25) is 0 Å². The Morgan fingerprint density at radius 2 is 2.23 bits per heavy atom. The molecule has 0 bridgehead atoms. The number of fused-ring (bicyclic) bond motifs is 1. The number of thiazole rings is 1. The summed E-state index contributed by atoms with van der Waals surface area (Å²) < 4.78 is 0. The van der Waals surface area contributed by atoms with Crippen LogP contribution < -0.4 is 0 Å². The molecule has 3 rings (SSSR count). The minimum absolute atomic E-state index is 0.0436. The molecule has 2 aromatic rings. The zero-order valence-electron chi connectivity index (χ0n) is 12.2. The predicted octanol–water partition coefficient (Wildman–Crippen LogP) is 2.26. The number of nitro groups is 1. The van der Waals surface area contributed by atoms with Crippen LogP contribution in [0.15, 0.2) is 12.3 Å². The maximum Gasteiger partial charge on any atom is 0.287 e. The van der Waals surface area contributed by atoms with Gasteiger partial charge in [-0.25, -0.2) is 4.98 Å². The fraction of sp³-hybridized carbons (Fsp3) is 0.357. The number of hydrogen-bond donors (Lipinski definition) is 0. The molecule has 3 heterocycles. The van der Waals surface area contributed by atoms with E-state index in [4.69, 9.17) is 0 Å². The van der Waals surface area contributed by atoms with Gasteiger partial charge in [0.1, 0.15) is 11.1 Å². The van der Waals surface area contributed by atoms with Gasteiger partial charge in [-0.2, -0.15) is 0 Å². The first-order valence-corrected chi connectivity index (χ1v) is 7.63. The minimum atomic E-state index is -0.468. The fourth-order valence-electron chi connectivity index (χ4n) is 2.56. The molecule has 2 aromatic heterocycles. The average Bonchev–Trinajstić information content (AvgIpc) is 2.84. The summed E-state index contributed by atoms with van der Waals surface area (Å²) in [7, 11) is 0. The molecule has 0 aromatic carbocycles. The van der Waals surface area contributed by atoms with E-state index in [2.05, 4.69) is 9.97 Å². The first-order valence-electron chi connectivity index (χ1n) is 6.81. The monoisotopic (exact) mass is 318 g/mol. The quantitative estimate of drug-likeness (QED) is 0.626. The Balaban J connectivity index is 1.87. The first-order chi connectivity index (χ1) is 10.5. The van der Waals surface area contributed by atoms with Crippen molar-refractivity contribution in [1.82, 2.24) is 14.9 Å². The molecular formula is C14H14N4O3S. The van der Waals surface area contributed by atoms with E-state index < -0.39 is 4.92 Å². The summed E-state index contributed by atoms with van der Waals surface area (Å²) >= 11 is 1.38. The lowest BCUT2D eigenvalue weighted by atomic mass is 10.0. The molecule has 0 fully saturated rings. The number of hydrogen-bond acceptors (Lipinski definition) is 6. The van der Waals surface area contributed by atoms with Gasteiger partial charge in [-0.05, 0) is 19.4 Å². The second kappa shape index (κ2) is 5.45. The van der Waals surface area contributed by atoms with Crippen LogP contribution in [0.25, 0.3) is 0 Å². The molecular weight excluding hydrogens is 304 g/mol. The Morgan fingerprint density at radius 3 is 2.86 bits per heavy atom. The molecule has 0 N–H and O–H groups in total. The van der Waals surface area contributed by atoms with Crippen LogP contribution in [-0.2, 0) is 13.0 Å². The van der Waals surface area contributed by atoms with Crippen molar-refractivity contribution < 1.29 is 9.72 Å². The highest BCUT2D eigenvalue weighted by Crippen LogP contribution is 2.25. The molecule has 0 saturated heterocycles. The van der Waals surface area contributed by atoms with Gasteiger partial charge >= 0.3 is 0 Å². The number of amides is 1. The van der Waals surface area contributed by atoms with Crippen molar-refractivity contribution in [3.05, 3.63) is 49.2 Å². The van der Waals surface area contributed by atoms with Crippen molar-refractivity contribution in [2.45, 2.75) is 26.8 Å². The van der Waals surface area contributed by atoms with Gasteiger partial charge in [-0.3, -0.25) is 19.9 Å². The number of carbonyl (C=O) groups is 1. The van der Waals surface area contributed by atoms with Crippen LogP contribution in [0, 0.1) is 24.0 Å². The molecule has 0 radical (unpaired) electrons. The van der Waals surface area contributed by atoms with Gasteiger partial charge in [0.05, 0.1) is 15.6 Å². The van der Waals surface area contributed by atoms with Crippen LogP contribution in [0.3, 0.4) is 0 Å². The number of nitrogens with zero attached hydrogens (tertiary/aromatic N) is 4. The van der Waals surface area contributed by atoms with Crippen LogP contribution in [-0.4, -0.2) is 32.2 Å². The SMILES string of the molecule is Cc1nc(C)c(C(=O)N2CCc3ncc([N+](=O)[O-])cc3C2)s1. The van der Waals surface area contributed by atoms with Gasteiger partial charge in [-0.15, -0.1) is 11.3 Å². The smallest absolute Gasteiger partial charge is 0.287 e. The Morgan fingerprint density at radius 1 is 1.45 bits per heavy atom. The third-order valence-electron chi connectivity index (χ3n) is 3.62. The van der Waals surface area contributed by atoms with Crippen molar-refractivity contribution in [2.75, 3.05) is 6.54 Å². The normalized spacial score (nSPS) is 13.8. The van der Waals surface area contributed by atoms with Gasteiger partial charge in [0.25, 0.3) is 11.6 Å². The van der Waals surface area contributed by atoms with E-state index in [-0.39, 0.29) is 11.6 Å². The second-order valence-electron chi connectivity index (χ2n) is 5.18. The zero-order valence-corrected chi connectivity index (χ0v) is 13.0. The Bertz CT molecular complexity index is 771. The van der Waals surface area contributed by atoms with E-state index in [9.17, 15) is 14.9 Å². The first kappa shape index (κ1) is 14.6. The van der Waals surface area contributed by atoms with E-state index in [1.165, 1.54) is 23.6 Å². The summed E-state index contributed by atoms with van der Waals surface area (Å²) in [5.41, 5.74) is 2.26. The molecule has 1 amide bonds. The Labute approximate surface area is 130 Å². The highest BCUT2D eigenvalue weighted by atomic mass is 32.1. The molecule has 1 aliphatic rings. The lowest BCUT2D eigenvalue weighted by Crippen LogP contribution is -2.36. The molecule has 114 valence electrons. The van der Waals surface area contributed by atoms with Gasteiger partial charge < -0.3 is 4.90 Å². The predicted molar refractivity (Wildman–Crippen MR) is 80.9 cm³/mol. The lowest BCUT2D eigenvalue weighted by Gasteiger charge is -2.27. The summed E-state index contributed by atoms with van der Waals surface area (Å²) in [5.74, 6) is -0.0692. The van der Waals surface area contributed by atoms with Crippen molar-refractivity contribution in [3.63, 3.8) is 0 Å². The Kier molecular flexibility index (Phi) is 3.61. The maximum absolute atomic E-state index is 12.6. The van der Waals surface area contributed by atoms with Crippen LogP contribution in [0.1, 0.15) is 31.6 Å². The van der Waals surface area contributed by atoms with Crippen molar-refractivity contribution in [3.8, 4) is 0 Å². The second-order valence-corrected chi connectivity index (χ2v) is 6.38. The molecule has 0 unspecified atom stereocenters. The number of aromatic nitrogens is 2. The summed E-state index contributed by atoms with van der Waals surface area (Å²) in [4.78, 5) is 33.7. The molecule has 22 heavy (non-hydrogen) atoms. The highest BCUT2D eigenvalue weighted by molar-refractivity contribution is 7.13. The third-order valence-corrected chi connectivity index (χ3v) is 4.68. The number of carbonyl (C=O) groups excluding carboxylic acids is 1. The summed E-state index contributed by atoms with van der Waals surface area (Å²) in [6, 6.07) is 1.51. The molecule has 7 nitrogen and oxygen atoms in total. The van der Waals surface area contributed by atoms with Gasteiger partial charge in [0.15, 0.2) is 0 Å². The highest BCUT2D eigenvalue weighted by Gasteiger charge is 2.26. The van der Waals surface area contributed by atoms with Crippen molar-refractivity contribution in [1.29, 1.82) is 0 Å². The minimum Gasteiger partial charge on any atom is -0.333 e. The van der Waals surface area contributed by atoms with E-state index in [1.54, 1.807) is 4.90 Å². The van der Waals surface area contributed by atoms with Crippen LogP contribution in [0.5, 0.6) is 0 Å². The van der Waals surface area contributed by atoms with Crippen LogP contribution in [0.4, 0.5) is 5.69 Å². The van der Waals surface area contributed by atoms with Crippen LogP contribution in [0.2, 0.25) is 0 Å². The van der Waals surface area contributed by atoms with Gasteiger partial charge in [-0.1, -0.05) is 0 Å². The van der Waals surface area contributed by atoms with Crippen LogP contribution >= 0.6 is 11.3 Å². The third kappa shape index (κ3) is 2.57. The average molecular weight is 318 g/mol. The summed E-state index contributed by atoms with van der Waals surface area (Å²) in [6.07, 6.45) is 1.88. The lowest BCUT2D eigenvalue weighted by molar-refractivity contribution is -0.385. The van der Waals surface area contributed by atoms with E-state index in [0.29, 0.717) is 24.4 Å². The zero-order chi connectivity index (χ0) is 15.9. The standard InChI is InChI=1S/C14H14N4O3S/c1-8-13(22-9(2)16-8)14(19)17-4-3-12-10(7-17)5-11(6-15-12)18(20)21/h5-6H,3-4,7H2,1-2H3. The topological polar surface area (TPSA) is 89.2 Å². The van der Waals surface area contributed by atoms with E-state index in [1.807, 2.05) is 13.8 Å². The van der Waals surface area contributed by atoms with E-state index in [0.717, 1.165) is 22.0 Å². The van der Waals surface area contributed by atoms with Crippen molar-refractivity contribution >= 4 is 22.9 Å². The summed E-state index contributed by atoms with van der Waals surface area (Å²) in [5, 5.41) is 11.7. The largest absolute Gasteiger partial charge is 0.333 e. The Hall–Kier alpha value is -2.35. The number of pyridine rings is 1. The van der Waals surface area contributed by atoms with Crippen molar-refractivity contribution in [2.24, 2.45) is 0 Å². The molecule has 0 spiro atoms. The molecule has 0 saturated carbocycles.